The highest BCUT2D eigenvalue weighted by molar-refractivity contribution is 7.89. The van der Waals surface area contributed by atoms with E-state index in [1.54, 1.807) is 0 Å². The van der Waals surface area contributed by atoms with Crippen molar-refractivity contribution in [2.75, 3.05) is 18.8 Å². The molecule has 0 unspecified atom stereocenters. The van der Waals surface area contributed by atoms with Crippen LogP contribution in [0.4, 0.5) is 5.69 Å². The molecule has 0 spiro atoms. The van der Waals surface area contributed by atoms with E-state index in [9.17, 15) is 13.2 Å². The third kappa shape index (κ3) is 2.08. The first-order valence-electron chi connectivity index (χ1n) is 6.32. The van der Waals surface area contributed by atoms with E-state index in [1.165, 1.54) is 28.6 Å². The molecule has 0 radical (unpaired) electrons. The topological polar surface area (TPSA) is 93.6 Å². The Morgan fingerprint density at radius 2 is 1.85 bits per heavy atom. The molecule has 20 heavy (non-hydrogen) atoms. The highest BCUT2D eigenvalue weighted by Gasteiger charge is 2.27. The summed E-state index contributed by atoms with van der Waals surface area (Å²) in [5, 5.41) is 0.502. The maximum atomic E-state index is 12.4. The number of anilines is 1. The summed E-state index contributed by atoms with van der Waals surface area (Å²) in [5.41, 5.74) is 5.17. The molecular formula is C13H14N2O4S. The van der Waals surface area contributed by atoms with E-state index in [2.05, 4.69) is 0 Å². The second-order valence-corrected chi connectivity index (χ2v) is 6.74. The van der Waals surface area contributed by atoms with E-state index < -0.39 is 15.6 Å². The summed E-state index contributed by atoms with van der Waals surface area (Å²) in [7, 11) is -3.48. The molecule has 1 aliphatic heterocycles. The van der Waals surface area contributed by atoms with E-state index in [4.69, 9.17) is 10.2 Å². The van der Waals surface area contributed by atoms with E-state index in [1.807, 2.05) is 0 Å². The molecular weight excluding hydrogens is 280 g/mol. The number of fused-ring (bicyclic) bond motifs is 1. The van der Waals surface area contributed by atoms with Crippen LogP contribution in [-0.2, 0) is 10.0 Å². The Kier molecular flexibility index (Phi) is 3.02. The van der Waals surface area contributed by atoms with Gasteiger partial charge in [0.15, 0.2) is 0 Å². The van der Waals surface area contributed by atoms with Crippen molar-refractivity contribution in [1.29, 1.82) is 0 Å². The Morgan fingerprint density at radius 1 is 1.15 bits per heavy atom. The van der Waals surface area contributed by atoms with Crippen molar-refractivity contribution in [2.24, 2.45) is 0 Å². The van der Waals surface area contributed by atoms with Gasteiger partial charge in [0.1, 0.15) is 11.3 Å². The van der Waals surface area contributed by atoms with Crippen LogP contribution < -0.4 is 11.4 Å². The van der Waals surface area contributed by atoms with Gasteiger partial charge < -0.3 is 10.2 Å². The lowest BCUT2D eigenvalue weighted by molar-refractivity contribution is 0.477. The molecule has 2 heterocycles. The lowest BCUT2D eigenvalue weighted by Crippen LogP contribution is -2.27. The van der Waals surface area contributed by atoms with Crippen LogP contribution >= 0.6 is 0 Å². The highest BCUT2D eigenvalue weighted by Crippen LogP contribution is 2.24. The minimum absolute atomic E-state index is 0.0341. The van der Waals surface area contributed by atoms with Gasteiger partial charge in [-0.1, -0.05) is 0 Å². The summed E-state index contributed by atoms with van der Waals surface area (Å²) in [6.07, 6.45) is 1.77. The van der Waals surface area contributed by atoms with Gasteiger partial charge in [-0.3, -0.25) is 0 Å². The normalized spacial score (nSPS) is 16.8. The molecule has 0 aliphatic carbocycles. The summed E-state index contributed by atoms with van der Waals surface area (Å²) < 4.78 is 31.3. The summed E-state index contributed by atoms with van der Waals surface area (Å²) >= 11 is 0. The van der Waals surface area contributed by atoms with Crippen LogP contribution in [-0.4, -0.2) is 25.8 Å². The van der Waals surface area contributed by atoms with Crippen molar-refractivity contribution in [3.8, 4) is 0 Å². The molecule has 106 valence electrons. The number of nitrogen functional groups attached to an aromatic ring is 1. The van der Waals surface area contributed by atoms with Gasteiger partial charge in [0, 0.05) is 18.5 Å². The smallest absolute Gasteiger partial charge is 0.359 e. The largest absolute Gasteiger partial charge is 0.421 e. The fourth-order valence-electron chi connectivity index (χ4n) is 2.36. The number of sulfonamides is 1. The molecule has 7 heteroatoms. The lowest BCUT2D eigenvalue weighted by atomic mass is 10.2. The minimum Gasteiger partial charge on any atom is -0.421 e. The van der Waals surface area contributed by atoms with Gasteiger partial charge in [-0.15, -0.1) is 0 Å². The van der Waals surface area contributed by atoms with Crippen LogP contribution in [0, 0.1) is 0 Å². The van der Waals surface area contributed by atoms with Gasteiger partial charge in [0.05, 0.1) is 4.90 Å². The van der Waals surface area contributed by atoms with Gasteiger partial charge >= 0.3 is 5.63 Å². The number of hydrogen-bond donors (Lipinski definition) is 1. The maximum Gasteiger partial charge on any atom is 0.359 e. The molecule has 0 atom stereocenters. The standard InChI is InChI=1S/C13H14N2O4S/c14-11-8-9-7-10(3-4-12(9)19-13(11)16)20(17,18)15-5-1-2-6-15/h3-4,7-8H,1-2,5-6,14H2. The Morgan fingerprint density at radius 3 is 2.55 bits per heavy atom. The predicted octanol–water partition coefficient (Wildman–Crippen LogP) is 1.16. The molecule has 0 bridgehead atoms. The van der Waals surface area contributed by atoms with Crippen molar-refractivity contribution in [1.82, 2.24) is 4.31 Å². The molecule has 1 saturated heterocycles. The first-order chi connectivity index (χ1) is 9.48. The van der Waals surface area contributed by atoms with Crippen LogP contribution in [0.15, 0.2) is 38.4 Å². The van der Waals surface area contributed by atoms with Crippen molar-refractivity contribution >= 4 is 26.7 Å². The van der Waals surface area contributed by atoms with Gasteiger partial charge in [-0.25, -0.2) is 13.2 Å². The Balaban J connectivity index is 2.13. The summed E-state index contributed by atoms with van der Waals surface area (Å²) in [5.74, 6) is 0. The fraction of sp³-hybridized carbons (Fsp3) is 0.308. The molecule has 0 saturated carbocycles. The van der Waals surface area contributed by atoms with E-state index in [-0.39, 0.29) is 10.6 Å². The zero-order valence-electron chi connectivity index (χ0n) is 10.7. The minimum atomic E-state index is -3.48. The molecule has 1 aliphatic rings. The summed E-state index contributed by atoms with van der Waals surface area (Å²) in [6, 6.07) is 5.86. The van der Waals surface area contributed by atoms with Crippen molar-refractivity contribution in [3.05, 3.63) is 34.7 Å². The second kappa shape index (κ2) is 4.60. The van der Waals surface area contributed by atoms with E-state index in [0.717, 1.165) is 12.8 Å². The van der Waals surface area contributed by atoms with Crippen LogP contribution in [0.25, 0.3) is 11.0 Å². The predicted molar refractivity (Wildman–Crippen MR) is 74.9 cm³/mol. The summed E-state index contributed by atoms with van der Waals surface area (Å²) in [4.78, 5) is 11.5. The lowest BCUT2D eigenvalue weighted by Gasteiger charge is -2.15. The molecule has 6 nitrogen and oxygen atoms in total. The third-order valence-electron chi connectivity index (χ3n) is 3.43. The van der Waals surface area contributed by atoms with Crippen LogP contribution in [0.2, 0.25) is 0 Å². The quantitative estimate of drug-likeness (QED) is 0.839. The number of benzene rings is 1. The zero-order valence-corrected chi connectivity index (χ0v) is 11.5. The number of nitrogens with zero attached hydrogens (tertiary/aromatic N) is 1. The monoisotopic (exact) mass is 294 g/mol. The van der Waals surface area contributed by atoms with Crippen molar-refractivity contribution in [3.63, 3.8) is 0 Å². The molecule has 1 fully saturated rings. The molecule has 3 rings (SSSR count). The zero-order chi connectivity index (χ0) is 14.3. The van der Waals surface area contributed by atoms with Crippen molar-refractivity contribution in [2.45, 2.75) is 17.7 Å². The number of rotatable bonds is 2. The van der Waals surface area contributed by atoms with Gasteiger partial charge in [-0.05, 0) is 37.1 Å². The molecule has 1 aromatic heterocycles. The van der Waals surface area contributed by atoms with E-state index in [0.29, 0.717) is 24.1 Å². The number of nitrogens with two attached hydrogens (primary N) is 1. The second-order valence-electron chi connectivity index (χ2n) is 4.80. The SMILES string of the molecule is Nc1cc2cc(S(=O)(=O)N3CCCC3)ccc2oc1=O. The van der Waals surface area contributed by atoms with Crippen LogP contribution in [0.5, 0.6) is 0 Å². The average molecular weight is 294 g/mol. The first-order valence-corrected chi connectivity index (χ1v) is 7.76. The molecule has 2 aromatic rings. The van der Waals surface area contributed by atoms with Crippen LogP contribution in [0.3, 0.4) is 0 Å². The van der Waals surface area contributed by atoms with E-state index >= 15 is 0 Å². The Hall–Kier alpha value is -1.86. The highest BCUT2D eigenvalue weighted by atomic mass is 32.2. The van der Waals surface area contributed by atoms with Crippen molar-refractivity contribution < 1.29 is 12.8 Å². The first kappa shape index (κ1) is 13.1. The third-order valence-corrected chi connectivity index (χ3v) is 5.33. The Labute approximate surface area is 115 Å². The molecule has 2 N–H and O–H groups in total. The fourth-order valence-corrected chi connectivity index (χ4v) is 3.91. The van der Waals surface area contributed by atoms with Gasteiger partial charge in [-0.2, -0.15) is 4.31 Å². The molecule has 1 aromatic carbocycles. The Bertz CT molecular complexity index is 820. The molecule has 0 amide bonds. The number of hydrogen-bond acceptors (Lipinski definition) is 5. The summed E-state index contributed by atoms with van der Waals surface area (Å²) in [6.45, 7) is 1.10. The average Bonchev–Trinajstić information content (AvgIpc) is 2.94. The van der Waals surface area contributed by atoms with Gasteiger partial charge in [0.2, 0.25) is 10.0 Å². The maximum absolute atomic E-state index is 12.4. The van der Waals surface area contributed by atoms with Crippen LogP contribution in [0.1, 0.15) is 12.8 Å². The van der Waals surface area contributed by atoms with Gasteiger partial charge in [0.25, 0.3) is 0 Å².